The Balaban J connectivity index is 1.68. The van der Waals surface area contributed by atoms with Gasteiger partial charge in [-0.05, 0) is 23.6 Å². The SMILES string of the molecule is CC1CN(Cc2ccc3c(c2)CCN3)CCS1. The predicted octanol–water partition coefficient (Wildman–Crippen LogP) is 2.59. The second-order valence-corrected chi connectivity index (χ2v) is 6.63. The molecule has 2 nitrogen and oxygen atoms in total. The van der Waals surface area contributed by atoms with Crippen molar-refractivity contribution in [1.82, 2.24) is 4.90 Å². The number of nitrogens with zero attached hydrogens (tertiary/aromatic N) is 1. The number of fused-ring (bicyclic) bond motifs is 1. The lowest BCUT2D eigenvalue weighted by atomic mass is 10.1. The average Bonchev–Trinajstić information content (AvgIpc) is 2.76. The molecule has 0 amide bonds. The molecule has 2 aliphatic heterocycles. The highest BCUT2D eigenvalue weighted by atomic mass is 32.2. The molecule has 17 heavy (non-hydrogen) atoms. The van der Waals surface area contributed by atoms with Crippen molar-refractivity contribution in [2.45, 2.75) is 25.1 Å². The molecule has 1 aromatic rings. The summed E-state index contributed by atoms with van der Waals surface area (Å²) in [5, 5.41) is 4.21. The number of nitrogens with one attached hydrogen (secondary N) is 1. The van der Waals surface area contributed by atoms with Gasteiger partial charge in [0, 0.05) is 42.9 Å². The third kappa shape index (κ3) is 2.61. The summed E-state index contributed by atoms with van der Waals surface area (Å²) in [6.07, 6.45) is 1.19. The Morgan fingerprint density at radius 2 is 2.41 bits per heavy atom. The van der Waals surface area contributed by atoms with E-state index in [0.29, 0.717) is 0 Å². The van der Waals surface area contributed by atoms with Gasteiger partial charge in [-0.15, -0.1) is 0 Å². The van der Waals surface area contributed by atoms with Crippen molar-refractivity contribution in [3.8, 4) is 0 Å². The highest BCUT2D eigenvalue weighted by Crippen LogP contribution is 2.25. The Kier molecular flexibility index (Phi) is 3.30. The van der Waals surface area contributed by atoms with Crippen LogP contribution in [-0.4, -0.2) is 35.5 Å². The number of benzene rings is 1. The minimum absolute atomic E-state index is 0.792. The van der Waals surface area contributed by atoms with Crippen molar-refractivity contribution in [2.24, 2.45) is 0 Å². The number of thioether (sulfide) groups is 1. The Labute approximate surface area is 108 Å². The lowest BCUT2D eigenvalue weighted by Crippen LogP contribution is -2.36. The van der Waals surface area contributed by atoms with Crippen LogP contribution in [0.25, 0.3) is 0 Å². The summed E-state index contributed by atoms with van der Waals surface area (Å²) in [6.45, 7) is 7.04. The van der Waals surface area contributed by atoms with Crippen molar-refractivity contribution >= 4 is 17.4 Å². The zero-order valence-corrected chi connectivity index (χ0v) is 11.2. The van der Waals surface area contributed by atoms with Crippen LogP contribution in [0.2, 0.25) is 0 Å². The molecule has 3 heteroatoms. The van der Waals surface area contributed by atoms with Crippen molar-refractivity contribution in [1.29, 1.82) is 0 Å². The molecule has 0 bridgehead atoms. The van der Waals surface area contributed by atoms with Crippen LogP contribution in [0.5, 0.6) is 0 Å². The number of rotatable bonds is 2. The molecule has 1 N–H and O–H groups in total. The van der Waals surface area contributed by atoms with Gasteiger partial charge in [0.15, 0.2) is 0 Å². The first-order valence-electron chi connectivity index (χ1n) is 6.51. The second-order valence-electron chi connectivity index (χ2n) is 5.08. The lowest BCUT2D eigenvalue weighted by molar-refractivity contribution is 0.278. The molecule has 0 aromatic heterocycles. The molecule has 1 unspecified atom stereocenters. The second kappa shape index (κ2) is 4.91. The number of hydrogen-bond donors (Lipinski definition) is 1. The van der Waals surface area contributed by atoms with Gasteiger partial charge < -0.3 is 5.32 Å². The van der Waals surface area contributed by atoms with E-state index < -0.39 is 0 Å². The summed E-state index contributed by atoms with van der Waals surface area (Å²) in [4.78, 5) is 2.59. The van der Waals surface area contributed by atoms with E-state index in [1.807, 2.05) is 0 Å². The van der Waals surface area contributed by atoms with Gasteiger partial charge in [0.05, 0.1) is 0 Å². The number of hydrogen-bond acceptors (Lipinski definition) is 3. The third-order valence-electron chi connectivity index (χ3n) is 3.61. The highest BCUT2D eigenvalue weighted by molar-refractivity contribution is 7.99. The maximum Gasteiger partial charge on any atom is 0.0373 e. The quantitative estimate of drug-likeness (QED) is 0.866. The van der Waals surface area contributed by atoms with Crippen LogP contribution in [0.1, 0.15) is 18.1 Å². The molecule has 1 atom stereocenters. The van der Waals surface area contributed by atoms with Crippen LogP contribution in [0, 0.1) is 0 Å². The van der Waals surface area contributed by atoms with Crippen molar-refractivity contribution < 1.29 is 0 Å². The van der Waals surface area contributed by atoms with Gasteiger partial charge in [0.2, 0.25) is 0 Å². The molecule has 1 fully saturated rings. The molecular weight excluding hydrogens is 228 g/mol. The Bertz CT molecular complexity index is 405. The van der Waals surface area contributed by atoms with Gasteiger partial charge in [-0.2, -0.15) is 11.8 Å². The van der Waals surface area contributed by atoms with Crippen LogP contribution < -0.4 is 5.32 Å². The normalized spacial score (nSPS) is 24.4. The van der Waals surface area contributed by atoms with Gasteiger partial charge >= 0.3 is 0 Å². The summed E-state index contributed by atoms with van der Waals surface area (Å²) >= 11 is 2.10. The van der Waals surface area contributed by atoms with Crippen molar-refractivity contribution in [3.05, 3.63) is 29.3 Å². The summed E-state index contributed by atoms with van der Waals surface area (Å²) in [5.41, 5.74) is 4.32. The van der Waals surface area contributed by atoms with Crippen LogP contribution in [0.4, 0.5) is 5.69 Å². The molecule has 0 radical (unpaired) electrons. The molecule has 2 heterocycles. The van der Waals surface area contributed by atoms with E-state index in [2.05, 4.69) is 47.1 Å². The van der Waals surface area contributed by atoms with Crippen molar-refractivity contribution in [2.75, 3.05) is 30.7 Å². The van der Waals surface area contributed by atoms with E-state index in [4.69, 9.17) is 0 Å². The zero-order valence-electron chi connectivity index (χ0n) is 10.4. The molecule has 1 aromatic carbocycles. The van der Waals surface area contributed by atoms with Gasteiger partial charge in [0.1, 0.15) is 0 Å². The monoisotopic (exact) mass is 248 g/mol. The predicted molar refractivity (Wildman–Crippen MR) is 75.8 cm³/mol. The average molecular weight is 248 g/mol. The van der Waals surface area contributed by atoms with Crippen molar-refractivity contribution in [3.63, 3.8) is 0 Å². The summed E-state index contributed by atoms with van der Waals surface area (Å²) in [6, 6.07) is 6.92. The smallest absolute Gasteiger partial charge is 0.0373 e. The van der Waals surface area contributed by atoms with Gasteiger partial charge in [-0.1, -0.05) is 19.1 Å². The first-order chi connectivity index (χ1) is 8.31. The summed E-state index contributed by atoms with van der Waals surface area (Å²) in [5.74, 6) is 1.29. The maximum atomic E-state index is 3.42. The Hall–Kier alpha value is -0.670. The van der Waals surface area contributed by atoms with E-state index >= 15 is 0 Å². The molecule has 3 rings (SSSR count). The largest absolute Gasteiger partial charge is 0.384 e. The fraction of sp³-hybridized carbons (Fsp3) is 0.571. The van der Waals surface area contributed by atoms with E-state index in [9.17, 15) is 0 Å². The van der Waals surface area contributed by atoms with Crippen LogP contribution in [0.3, 0.4) is 0 Å². The first-order valence-corrected chi connectivity index (χ1v) is 7.56. The Morgan fingerprint density at radius 3 is 3.29 bits per heavy atom. The Morgan fingerprint density at radius 1 is 1.47 bits per heavy atom. The van der Waals surface area contributed by atoms with Gasteiger partial charge in [-0.3, -0.25) is 4.90 Å². The van der Waals surface area contributed by atoms with E-state index in [1.165, 1.54) is 42.1 Å². The first kappa shape index (κ1) is 11.4. The van der Waals surface area contributed by atoms with Crippen LogP contribution >= 0.6 is 11.8 Å². The van der Waals surface area contributed by atoms with Crippen LogP contribution in [-0.2, 0) is 13.0 Å². The minimum Gasteiger partial charge on any atom is -0.384 e. The molecule has 92 valence electrons. The van der Waals surface area contributed by atoms with Gasteiger partial charge in [-0.25, -0.2) is 0 Å². The number of anilines is 1. The molecule has 0 spiro atoms. The van der Waals surface area contributed by atoms with E-state index in [1.54, 1.807) is 0 Å². The molecular formula is C14H20N2S. The summed E-state index contributed by atoms with van der Waals surface area (Å²) in [7, 11) is 0. The molecule has 0 aliphatic carbocycles. The van der Waals surface area contributed by atoms with E-state index in [-0.39, 0.29) is 0 Å². The standard InChI is InChI=1S/C14H20N2S/c1-11-9-16(6-7-17-11)10-12-2-3-14-13(8-12)4-5-15-14/h2-3,8,11,15H,4-7,9-10H2,1H3. The maximum absolute atomic E-state index is 3.42. The molecule has 2 aliphatic rings. The van der Waals surface area contributed by atoms with E-state index in [0.717, 1.165) is 18.3 Å². The summed E-state index contributed by atoms with van der Waals surface area (Å²) < 4.78 is 0. The molecule has 1 saturated heterocycles. The molecule has 0 saturated carbocycles. The van der Waals surface area contributed by atoms with Gasteiger partial charge in [0.25, 0.3) is 0 Å². The third-order valence-corrected chi connectivity index (χ3v) is 4.75. The lowest BCUT2D eigenvalue weighted by Gasteiger charge is -2.30. The fourth-order valence-electron chi connectivity index (χ4n) is 2.75. The fourth-order valence-corrected chi connectivity index (χ4v) is 3.83. The highest BCUT2D eigenvalue weighted by Gasteiger charge is 2.17. The topological polar surface area (TPSA) is 15.3 Å². The van der Waals surface area contributed by atoms with Crippen LogP contribution in [0.15, 0.2) is 18.2 Å². The zero-order chi connectivity index (χ0) is 11.7. The minimum atomic E-state index is 0.792.